The van der Waals surface area contributed by atoms with E-state index in [1.807, 2.05) is 0 Å². The normalized spacial score (nSPS) is 31.2. The fourth-order valence-corrected chi connectivity index (χ4v) is 3.35. The molecule has 0 bridgehead atoms. The van der Waals surface area contributed by atoms with E-state index >= 15 is 0 Å². The molecular formula is C14H28N2O. The standard InChI is InChI=1S/C14H28N2O/c1-3-14(6-7-15-11-14)12-16(2)10-13-4-8-17-9-5-13/h13,15H,3-12H2,1-2H3. The van der Waals surface area contributed by atoms with Crippen molar-refractivity contribution in [1.29, 1.82) is 0 Å². The minimum atomic E-state index is 0.542. The van der Waals surface area contributed by atoms with Crippen LogP contribution in [-0.4, -0.2) is 51.3 Å². The summed E-state index contributed by atoms with van der Waals surface area (Å²) in [5.41, 5.74) is 0.542. The Morgan fingerprint density at radius 1 is 1.35 bits per heavy atom. The van der Waals surface area contributed by atoms with Gasteiger partial charge in [-0.2, -0.15) is 0 Å². The molecule has 0 aromatic rings. The van der Waals surface area contributed by atoms with Gasteiger partial charge in [0, 0.05) is 32.8 Å². The van der Waals surface area contributed by atoms with E-state index in [1.54, 1.807) is 0 Å². The Balaban J connectivity index is 1.77. The molecule has 17 heavy (non-hydrogen) atoms. The van der Waals surface area contributed by atoms with Crippen molar-refractivity contribution in [3.05, 3.63) is 0 Å². The maximum absolute atomic E-state index is 5.43. The zero-order valence-corrected chi connectivity index (χ0v) is 11.5. The van der Waals surface area contributed by atoms with E-state index in [9.17, 15) is 0 Å². The third-order valence-corrected chi connectivity index (χ3v) is 4.60. The topological polar surface area (TPSA) is 24.5 Å². The number of rotatable bonds is 5. The SMILES string of the molecule is CCC1(CN(C)CC2CCOCC2)CCNC1. The number of nitrogens with zero attached hydrogens (tertiary/aromatic N) is 1. The Bertz CT molecular complexity index is 220. The van der Waals surface area contributed by atoms with Gasteiger partial charge in [0.05, 0.1) is 0 Å². The Morgan fingerprint density at radius 2 is 2.12 bits per heavy atom. The van der Waals surface area contributed by atoms with Crippen LogP contribution in [0.5, 0.6) is 0 Å². The van der Waals surface area contributed by atoms with Crippen molar-refractivity contribution in [2.45, 2.75) is 32.6 Å². The summed E-state index contributed by atoms with van der Waals surface area (Å²) in [5.74, 6) is 0.858. The molecule has 0 aromatic carbocycles. The summed E-state index contributed by atoms with van der Waals surface area (Å²) in [6, 6.07) is 0. The van der Waals surface area contributed by atoms with Crippen LogP contribution in [0, 0.1) is 11.3 Å². The van der Waals surface area contributed by atoms with Crippen molar-refractivity contribution in [2.75, 3.05) is 46.4 Å². The van der Waals surface area contributed by atoms with Crippen LogP contribution in [0.15, 0.2) is 0 Å². The largest absolute Gasteiger partial charge is 0.381 e. The zero-order chi connectivity index (χ0) is 12.1. The highest BCUT2D eigenvalue weighted by molar-refractivity contribution is 4.89. The molecule has 0 spiro atoms. The second-order valence-electron chi connectivity index (χ2n) is 6.03. The molecule has 0 amide bonds. The van der Waals surface area contributed by atoms with Gasteiger partial charge in [0.2, 0.25) is 0 Å². The molecule has 1 unspecified atom stereocenters. The molecule has 2 saturated heterocycles. The van der Waals surface area contributed by atoms with Crippen molar-refractivity contribution in [2.24, 2.45) is 11.3 Å². The Morgan fingerprint density at radius 3 is 2.71 bits per heavy atom. The van der Waals surface area contributed by atoms with Gasteiger partial charge < -0.3 is 15.0 Å². The highest BCUT2D eigenvalue weighted by atomic mass is 16.5. The summed E-state index contributed by atoms with van der Waals surface area (Å²) < 4.78 is 5.43. The number of hydrogen-bond acceptors (Lipinski definition) is 3. The molecule has 100 valence electrons. The van der Waals surface area contributed by atoms with Crippen molar-refractivity contribution in [3.63, 3.8) is 0 Å². The van der Waals surface area contributed by atoms with E-state index in [2.05, 4.69) is 24.2 Å². The van der Waals surface area contributed by atoms with Gasteiger partial charge in [0.15, 0.2) is 0 Å². The first-order valence-electron chi connectivity index (χ1n) is 7.21. The van der Waals surface area contributed by atoms with Crippen molar-refractivity contribution < 1.29 is 4.74 Å². The number of ether oxygens (including phenoxy) is 1. The predicted molar refractivity (Wildman–Crippen MR) is 71.3 cm³/mol. The summed E-state index contributed by atoms with van der Waals surface area (Å²) in [6.07, 6.45) is 5.16. The van der Waals surface area contributed by atoms with E-state index in [-0.39, 0.29) is 0 Å². The molecule has 0 saturated carbocycles. The summed E-state index contributed by atoms with van der Waals surface area (Å²) in [6.45, 7) is 9.22. The van der Waals surface area contributed by atoms with E-state index < -0.39 is 0 Å². The Hall–Kier alpha value is -0.120. The van der Waals surface area contributed by atoms with E-state index in [4.69, 9.17) is 4.74 Å². The minimum Gasteiger partial charge on any atom is -0.381 e. The molecule has 2 aliphatic heterocycles. The summed E-state index contributed by atoms with van der Waals surface area (Å²) >= 11 is 0. The van der Waals surface area contributed by atoms with Gasteiger partial charge in [-0.15, -0.1) is 0 Å². The monoisotopic (exact) mass is 240 g/mol. The Kier molecular flexibility index (Phi) is 4.83. The van der Waals surface area contributed by atoms with Crippen LogP contribution in [-0.2, 0) is 4.74 Å². The molecule has 2 heterocycles. The summed E-state index contributed by atoms with van der Waals surface area (Å²) in [5, 5.41) is 3.53. The zero-order valence-electron chi connectivity index (χ0n) is 11.5. The van der Waals surface area contributed by atoms with Gasteiger partial charge in [0.1, 0.15) is 0 Å². The molecule has 2 fully saturated rings. The molecular weight excluding hydrogens is 212 g/mol. The molecule has 2 aliphatic rings. The lowest BCUT2D eigenvalue weighted by Gasteiger charge is -2.34. The number of nitrogens with one attached hydrogen (secondary N) is 1. The van der Waals surface area contributed by atoms with Crippen LogP contribution in [0.2, 0.25) is 0 Å². The quantitative estimate of drug-likeness (QED) is 0.792. The van der Waals surface area contributed by atoms with Crippen LogP contribution in [0.4, 0.5) is 0 Å². The Labute approximate surface area is 106 Å². The molecule has 0 aliphatic carbocycles. The molecule has 3 heteroatoms. The molecule has 0 radical (unpaired) electrons. The van der Waals surface area contributed by atoms with Crippen molar-refractivity contribution in [1.82, 2.24) is 10.2 Å². The fraction of sp³-hybridized carbons (Fsp3) is 1.00. The summed E-state index contributed by atoms with van der Waals surface area (Å²) in [7, 11) is 2.30. The van der Waals surface area contributed by atoms with E-state index in [0.29, 0.717) is 5.41 Å². The third-order valence-electron chi connectivity index (χ3n) is 4.60. The maximum atomic E-state index is 5.43. The highest BCUT2D eigenvalue weighted by Crippen LogP contribution is 2.30. The number of hydrogen-bond donors (Lipinski definition) is 1. The van der Waals surface area contributed by atoms with Crippen LogP contribution >= 0.6 is 0 Å². The van der Waals surface area contributed by atoms with Gasteiger partial charge in [-0.05, 0) is 50.6 Å². The lowest BCUT2D eigenvalue weighted by molar-refractivity contribution is 0.0501. The van der Waals surface area contributed by atoms with Gasteiger partial charge in [0.25, 0.3) is 0 Å². The van der Waals surface area contributed by atoms with Crippen LogP contribution in [0.1, 0.15) is 32.6 Å². The van der Waals surface area contributed by atoms with Crippen LogP contribution in [0.3, 0.4) is 0 Å². The lowest BCUT2D eigenvalue weighted by atomic mass is 9.83. The predicted octanol–water partition coefficient (Wildman–Crippen LogP) is 1.73. The second kappa shape index (κ2) is 6.17. The van der Waals surface area contributed by atoms with Gasteiger partial charge in [-0.25, -0.2) is 0 Å². The van der Waals surface area contributed by atoms with Crippen LogP contribution in [0.25, 0.3) is 0 Å². The second-order valence-corrected chi connectivity index (χ2v) is 6.03. The maximum Gasteiger partial charge on any atom is 0.0469 e. The molecule has 3 nitrogen and oxygen atoms in total. The van der Waals surface area contributed by atoms with E-state index in [1.165, 1.54) is 51.9 Å². The molecule has 2 rings (SSSR count). The minimum absolute atomic E-state index is 0.542. The van der Waals surface area contributed by atoms with Crippen LogP contribution < -0.4 is 5.32 Å². The van der Waals surface area contributed by atoms with E-state index in [0.717, 1.165) is 19.1 Å². The fourth-order valence-electron chi connectivity index (χ4n) is 3.35. The highest BCUT2D eigenvalue weighted by Gasteiger charge is 2.33. The molecule has 1 N–H and O–H groups in total. The van der Waals surface area contributed by atoms with Crippen molar-refractivity contribution in [3.8, 4) is 0 Å². The van der Waals surface area contributed by atoms with Gasteiger partial charge in [-0.1, -0.05) is 6.92 Å². The molecule has 0 aromatic heterocycles. The first-order valence-corrected chi connectivity index (χ1v) is 7.21. The lowest BCUT2D eigenvalue weighted by Crippen LogP contribution is -2.39. The smallest absolute Gasteiger partial charge is 0.0469 e. The first kappa shape index (κ1) is 13.3. The molecule has 1 atom stereocenters. The van der Waals surface area contributed by atoms with Gasteiger partial charge >= 0.3 is 0 Å². The average Bonchev–Trinajstić information content (AvgIpc) is 2.79. The first-order chi connectivity index (χ1) is 8.24. The average molecular weight is 240 g/mol. The van der Waals surface area contributed by atoms with Crippen molar-refractivity contribution >= 4 is 0 Å². The third kappa shape index (κ3) is 3.67. The summed E-state index contributed by atoms with van der Waals surface area (Å²) in [4.78, 5) is 2.56. The van der Waals surface area contributed by atoms with Gasteiger partial charge in [-0.3, -0.25) is 0 Å².